The minimum absolute atomic E-state index is 0.0597. The fourth-order valence-electron chi connectivity index (χ4n) is 1.24. The molecule has 2 aromatic heterocycles. The fraction of sp³-hybridized carbons (Fsp3) is 0.143. The Morgan fingerprint density at radius 2 is 2.07 bits per heavy atom. The number of nitrogens with one attached hydrogen (secondary N) is 2. The summed E-state index contributed by atoms with van der Waals surface area (Å²) in [6.07, 6.45) is -3.82. The molecule has 80 valence electrons. The van der Waals surface area contributed by atoms with Crippen LogP contribution in [-0.2, 0) is 6.18 Å². The van der Waals surface area contributed by atoms with E-state index in [1.165, 1.54) is 0 Å². The second kappa shape index (κ2) is 3.22. The van der Waals surface area contributed by atoms with Crippen LogP contribution in [-0.4, -0.2) is 15.0 Å². The Labute approximate surface area is 94.0 Å². The van der Waals surface area contributed by atoms with Gasteiger partial charge >= 0.3 is 6.18 Å². The summed E-state index contributed by atoms with van der Waals surface area (Å²) < 4.78 is 37.5. The summed E-state index contributed by atoms with van der Waals surface area (Å²) in [6.45, 7) is 0. The van der Waals surface area contributed by atoms with E-state index in [-0.39, 0.29) is 9.48 Å². The molecule has 0 spiro atoms. The third-order valence-corrected chi connectivity index (χ3v) is 2.33. The molecule has 0 radical (unpaired) electrons. The monoisotopic (exact) mass is 329 g/mol. The van der Waals surface area contributed by atoms with Crippen LogP contribution < -0.4 is 5.56 Å². The standard InChI is InChI=1S/C7H3F3IN3O/c8-7(9,10)2-1-12-4-3(2)5(15)14-6(11)13-4/h1H,(H2,12,13,14,15). The summed E-state index contributed by atoms with van der Waals surface area (Å²) in [5.74, 6) is 0. The molecule has 0 aliphatic rings. The van der Waals surface area contributed by atoms with Crippen molar-refractivity contribution < 1.29 is 13.2 Å². The largest absolute Gasteiger partial charge is 0.418 e. The molecule has 2 rings (SSSR count). The molecule has 0 bridgehead atoms. The molecule has 4 nitrogen and oxygen atoms in total. The van der Waals surface area contributed by atoms with Crippen LogP contribution in [0.2, 0.25) is 0 Å². The molecular weight excluding hydrogens is 326 g/mol. The summed E-state index contributed by atoms with van der Waals surface area (Å²) in [6, 6.07) is 0. The zero-order valence-corrected chi connectivity index (χ0v) is 9.10. The van der Waals surface area contributed by atoms with Crippen molar-refractivity contribution in [1.29, 1.82) is 0 Å². The van der Waals surface area contributed by atoms with Crippen LogP contribution in [0.15, 0.2) is 11.0 Å². The molecule has 8 heteroatoms. The molecule has 0 aliphatic heterocycles. The molecular formula is C7H3F3IN3O. The summed E-state index contributed by atoms with van der Waals surface area (Å²) >= 11 is 1.72. The number of aromatic nitrogens is 3. The van der Waals surface area contributed by atoms with Crippen LogP contribution in [0.5, 0.6) is 0 Å². The van der Waals surface area contributed by atoms with Gasteiger partial charge in [0.15, 0.2) is 3.83 Å². The van der Waals surface area contributed by atoms with Gasteiger partial charge in [-0.15, -0.1) is 0 Å². The zero-order valence-electron chi connectivity index (χ0n) is 6.94. The Kier molecular flexibility index (Phi) is 2.24. The molecule has 2 N–H and O–H groups in total. The second-order valence-electron chi connectivity index (χ2n) is 2.78. The van der Waals surface area contributed by atoms with E-state index < -0.39 is 22.7 Å². The topological polar surface area (TPSA) is 61.5 Å². The molecule has 0 unspecified atom stereocenters. The maximum atomic E-state index is 12.4. The van der Waals surface area contributed by atoms with Crippen molar-refractivity contribution in [3.63, 3.8) is 0 Å². The first kappa shape index (κ1) is 10.5. The van der Waals surface area contributed by atoms with Crippen LogP contribution in [0.1, 0.15) is 5.56 Å². The van der Waals surface area contributed by atoms with Crippen molar-refractivity contribution in [3.05, 3.63) is 25.9 Å². The first-order valence-corrected chi connectivity index (χ1v) is 4.81. The summed E-state index contributed by atoms with van der Waals surface area (Å²) in [4.78, 5) is 19.6. The van der Waals surface area contributed by atoms with E-state index in [2.05, 4.69) is 15.0 Å². The van der Waals surface area contributed by atoms with Gasteiger partial charge in [-0.05, 0) is 22.6 Å². The Hall–Kier alpha value is -1.06. The van der Waals surface area contributed by atoms with Crippen LogP contribution >= 0.6 is 22.6 Å². The van der Waals surface area contributed by atoms with Gasteiger partial charge in [0.1, 0.15) is 5.65 Å². The minimum atomic E-state index is -4.56. The van der Waals surface area contributed by atoms with Crippen molar-refractivity contribution in [2.45, 2.75) is 6.18 Å². The molecule has 0 saturated carbocycles. The van der Waals surface area contributed by atoms with Gasteiger partial charge in [-0.25, -0.2) is 4.98 Å². The number of nitrogens with zero attached hydrogens (tertiary/aromatic N) is 1. The van der Waals surface area contributed by atoms with Crippen LogP contribution in [0.3, 0.4) is 0 Å². The molecule has 0 fully saturated rings. The van der Waals surface area contributed by atoms with E-state index >= 15 is 0 Å². The lowest BCUT2D eigenvalue weighted by atomic mass is 10.2. The van der Waals surface area contributed by atoms with E-state index in [1.54, 1.807) is 22.6 Å². The highest BCUT2D eigenvalue weighted by Crippen LogP contribution is 2.32. The molecule has 2 heterocycles. The van der Waals surface area contributed by atoms with Crippen molar-refractivity contribution >= 4 is 33.6 Å². The lowest BCUT2D eigenvalue weighted by Gasteiger charge is -2.02. The second-order valence-corrected chi connectivity index (χ2v) is 3.80. The SMILES string of the molecule is O=c1[nH]c(I)nc2[nH]cc(C(F)(F)F)c12. The summed E-state index contributed by atoms with van der Waals surface area (Å²) in [7, 11) is 0. The van der Waals surface area contributed by atoms with Gasteiger partial charge in [-0.1, -0.05) is 0 Å². The van der Waals surface area contributed by atoms with Gasteiger partial charge in [0.05, 0.1) is 10.9 Å². The number of aromatic amines is 2. The number of rotatable bonds is 0. The van der Waals surface area contributed by atoms with E-state index in [4.69, 9.17) is 0 Å². The van der Waals surface area contributed by atoms with Crippen molar-refractivity contribution in [3.8, 4) is 0 Å². The molecule has 0 aliphatic carbocycles. The smallest absolute Gasteiger partial charge is 0.345 e. The summed E-state index contributed by atoms with van der Waals surface area (Å²) in [5, 5.41) is -0.456. The van der Waals surface area contributed by atoms with Crippen LogP contribution in [0.4, 0.5) is 13.2 Å². The lowest BCUT2D eigenvalue weighted by Crippen LogP contribution is -2.13. The van der Waals surface area contributed by atoms with Gasteiger partial charge in [0.25, 0.3) is 5.56 Å². The Balaban J connectivity index is 2.87. The van der Waals surface area contributed by atoms with Gasteiger partial charge < -0.3 is 9.97 Å². The lowest BCUT2D eigenvalue weighted by molar-refractivity contribution is -0.136. The fourth-order valence-corrected chi connectivity index (χ4v) is 1.72. The average molecular weight is 329 g/mol. The third-order valence-electron chi connectivity index (χ3n) is 1.82. The molecule has 0 saturated heterocycles. The maximum Gasteiger partial charge on any atom is 0.418 e. The number of alkyl halides is 3. The van der Waals surface area contributed by atoms with E-state index in [0.29, 0.717) is 0 Å². The number of fused-ring (bicyclic) bond motifs is 1. The van der Waals surface area contributed by atoms with Crippen molar-refractivity contribution in [1.82, 2.24) is 15.0 Å². The van der Waals surface area contributed by atoms with Gasteiger partial charge in [0.2, 0.25) is 0 Å². The van der Waals surface area contributed by atoms with Gasteiger partial charge in [0, 0.05) is 6.20 Å². The van der Waals surface area contributed by atoms with Gasteiger partial charge in [-0.2, -0.15) is 13.2 Å². The molecule has 0 aromatic carbocycles. The highest BCUT2D eigenvalue weighted by Gasteiger charge is 2.35. The first-order valence-electron chi connectivity index (χ1n) is 3.73. The molecule has 0 atom stereocenters. The summed E-state index contributed by atoms with van der Waals surface area (Å²) in [5.41, 5.74) is -1.85. The predicted molar refractivity (Wildman–Crippen MR) is 54.4 cm³/mol. The zero-order chi connectivity index (χ0) is 11.2. The molecule has 15 heavy (non-hydrogen) atoms. The van der Waals surface area contributed by atoms with E-state index in [9.17, 15) is 18.0 Å². The predicted octanol–water partition coefficient (Wildman–Crippen LogP) is 1.87. The highest BCUT2D eigenvalue weighted by molar-refractivity contribution is 14.1. The van der Waals surface area contributed by atoms with E-state index in [1.807, 2.05) is 0 Å². The normalized spacial score (nSPS) is 12.3. The third kappa shape index (κ3) is 1.73. The van der Waals surface area contributed by atoms with Crippen LogP contribution in [0, 0.1) is 3.83 Å². The number of hydrogen-bond donors (Lipinski definition) is 2. The average Bonchev–Trinajstić information content (AvgIpc) is 2.45. The molecule has 0 amide bonds. The van der Waals surface area contributed by atoms with Crippen molar-refractivity contribution in [2.24, 2.45) is 0 Å². The quantitative estimate of drug-likeness (QED) is 0.573. The van der Waals surface area contributed by atoms with Crippen LogP contribution in [0.25, 0.3) is 11.0 Å². The number of H-pyrrole nitrogens is 2. The van der Waals surface area contributed by atoms with Crippen molar-refractivity contribution in [2.75, 3.05) is 0 Å². The molecule has 2 aromatic rings. The van der Waals surface area contributed by atoms with Gasteiger partial charge in [-0.3, -0.25) is 4.79 Å². The maximum absolute atomic E-state index is 12.4. The number of hydrogen-bond acceptors (Lipinski definition) is 2. The Morgan fingerprint density at radius 1 is 1.40 bits per heavy atom. The van der Waals surface area contributed by atoms with E-state index in [0.717, 1.165) is 6.20 Å². The first-order chi connectivity index (χ1) is 6.89. The highest BCUT2D eigenvalue weighted by atomic mass is 127. The number of halogens is 4. The Morgan fingerprint density at radius 3 is 2.67 bits per heavy atom. The minimum Gasteiger partial charge on any atom is -0.345 e. The Bertz CT molecular complexity index is 571.